The van der Waals surface area contributed by atoms with E-state index in [1.54, 1.807) is 0 Å². The number of benzene rings is 1. The van der Waals surface area contributed by atoms with Crippen molar-refractivity contribution in [2.75, 3.05) is 13.1 Å². The molecule has 1 saturated heterocycles. The number of hydrogen-bond donors (Lipinski definition) is 0. The monoisotopic (exact) mass is 323 g/mol. The van der Waals surface area contributed by atoms with Crippen molar-refractivity contribution in [3.63, 3.8) is 0 Å². The molecule has 1 amide bonds. The van der Waals surface area contributed by atoms with Gasteiger partial charge in [-0.25, -0.2) is 0 Å². The predicted octanol–water partition coefficient (Wildman–Crippen LogP) is 4.41. The molecule has 1 aromatic rings. The highest BCUT2D eigenvalue weighted by molar-refractivity contribution is 9.10. The molecule has 2 rings (SSSR count). The predicted molar refractivity (Wildman–Crippen MR) is 82.4 cm³/mol. The fourth-order valence-corrected chi connectivity index (χ4v) is 2.81. The van der Waals surface area contributed by atoms with Crippen molar-refractivity contribution in [1.82, 2.24) is 4.90 Å². The van der Waals surface area contributed by atoms with Gasteiger partial charge < -0.3 is 4.90 Å². The second-order valence-corrected chi connectivity index (χ2v) is 6.77. The van der Waals surface area contributed by atoms with Gasteiger partial charge in [-0.1, -0.05) is 36.2 Å². The Labute approximate surface area is 124 Å². The number of carbonyl (C=O) groups excluding carboxylic acids is 1. The average molecular weight is 324 g/mol. The highest BCUT2D eigenvalue weighted by Crippen LogP contribution is 2.34. The molecule has 19 heavy (non-hydrogen) atoms. The molecule has 1 aromatic carbocycles. The van der Waals surface area contributed by atoms with E-state index in [1.807, 2.05) is 30.0 Å². The molecule has 0 unspecified atom stereocenters. The molecule has 1 heterocycles. The molecule has 0 bridgehead atoms. The maximum Gasteiger partial charge on any atom is 0.253 e. The maximum atomic E-state index is 12.5. The van der Waals surface area contributed by atoms with E-state index < -0.39 is 0 Å². The molecule has 104 valence electrons. The molecule has 1 aliphatic heterocycles. The van der Waals surface area contributed by atoms with Crippen LogP contribution in [0.25, 0.3) is 0 Å². The molecule has 3 heteroatoms. The minimum atomic E-state index is 0.175. The van der Waals surface area contributed by atoms with Gasteiger partial charge in [0.15, 0.2) is 0 Å². The van der Waals surface area contributed by atoms with E-state index in [0.29, 0.717) is 5.41 Å². The van der Waals surface area contributed by atoms with Crippen LogP contribution in [0, 0.1) is 12.3 Å². The van der Waals surface area contributed by atoms with Crippen LogP contribution in [-0.2, 0) is 0 Å². The van der Waals surface area contributed by atoms with Crippen molar-refractivity contribution in [1.29, 1.82) is 0 Å². The SMILES string of the molecule is CCC1(C)CCN(C(=O)c2ccc(Br)c(C)c2)CC1. The number of likely N-dealkylation sites (tertiary alicyclic amines) is 1. The molecule has 1 fully saturated rings. The number of aryl methyl sites for hydroxylation is 1. The van der Waals surface area contributed by atoms with Crippen molar-refractivity contribution in [2.24, 2.45) is 5.41 Å². The molecule has 0 aliphatic carbocycles. The summed E-state index contributed by atoms with van der Waals surface area (Å²) in [5, 5.41) is 0. The minimum Gasteiger partial charge on any atom is -0.339 e. The summed E-state index contributed by atoms with van der Waals surface area (Å²) in [7, 11) is 0. The zero-order valence-corrected chi connectivity index (χ0v) is 13.6. The third kappa shape index (κ3) is 3.19. The van der Waals surface area contributed by atoms with Gasteiger partial charge in [-0.2, -0.15) is 0 Å². The number of nitrogens with zero attached hydrogens (tertiary/aromatic N) is 1. The molecule has 0 spiro atoms. The second kappa shape index (κ2) is 5.66. The number of rotatable bonds is 2. The highest BCUT2D eigenvalue weighted by Gasteiger charge is 2.30. The number of amides is 1. The van der Waals surface area contributed by atoms with Crippen LogP contribution in [0.15, 0.2) is 22.7 Å². The third-order valence-corrected chi connectivity index (χ3v) is 5.41. The molecule has 1 aliphatic rings. The van der Waals surface area contributed by atoms with Crippen LogP contribution < -0.4 is 0 Å². The average Bonchev–Trinajstić information content (AvgIpc) is 2.42. The van der Waals surface area contributed by atoms with Crippen molar-refractivity contribution >= 4 is 21.8 Å². The fourth-order valence-electron chi connectivity index (χ4n) is 2.56. The lowest BCUT2D eigenvalue weighted by Crippen LogP contribution is -2.41. The first-order chi connectivity index (χ1) is 8.95. The lowest BCUT2D eigenvalue weighted by Gasteiger charge is -2.39. The van der Waals surface area contributed by atoms with Gasteiger partial charge in [0.25, 0.3) is 5.91 Å². The van der Waals surface area contributed by atoms with Gasteiger partial charge in [0.1, 0.15) is 0 Å². The van der Waals surface area contributed by atoms with Gasteiger partial charge in [0.2, 0.25) is 0 Å². The van der Waals surface area contributed by atoms with E-state index in [-0.39, 0.29) is 5.91 Å². The zero-order chi connectivity index (χ0) is 14.0. The molecule has 0 aromatic heterocycles. The van der Waals surface area contributed by atoms with Gasteiger partial charge in [-0.3, -0.25) is 4.79 Å². The Morgan fingerprint density at radius 2 is 2.00 bits per heavy atom. The smallest absolute Gasteiger partial charge is 0.253 e. The van der Waals surface area contributed by atoms with E-state index in [0.717, 1.165) is 41.5 Å². The minimum absolute atomic E-state index is 0.175. The van der Waals surface area contributed by atoms with Crippen LogP contribution in [0.3, 0.4) is 0 Å². The van der Waals surface area contributed by atoms with E-state index in [2.05, 4.69) is 29.8 Å². The Bertz CT molecular complexity index is 476. The number of piperidine rings is 1. The topological polar surface area (TPSA) is 20.3 Å². The van der Waals surface area contributed by atoms with Gasteiger partial charge in [0.05, 0.1) is 0 Å². The Morgan fingerprint density at radius 3 is 2.53 bits per heavy atom. The highest BCUT2D eigenvalue weighted by atomic mass is 79.9. The van der Waals surface area contributed by atoms with Crippen molar-refractivity contribution in [3.05, 3.63) is 33.8 Å². The first-order valence-electron chi connectivity index (χ1n) is 7.00. The summed E-state index contributed by atoms with van der Waals surface area (Å²) in [4.78, 5) is 14.5. The number of carbonyl (C=O) groups is 1. The quantitative estimate of drug-likeness (QED) is 0.789. The van der Waals surface area contributed by atoms with Crippen molar-refractivity contribution in [2.45, 2.75) is 40.0 Å². The van der Waals surface area contributed by atoms with Gasteiger partial charge in [0, 0.05) is 23.1 Å². The van der Waals surface area contributed by atoms with Crippen LogP contribution in [0.1, 0.15) is 49.0 Å². The fraction of sp³-hybridized carbons (Fsp3) is 0.562. The first-order valence-corrected chi connectivity index (χ1v) is 7.80. The van der Waals surface area contributed by atoms with Crippen LogP contribution in [0.4, 0.5) is 0 Å². The lowest BCUT2D eigenvalue weighted by atomic mass is 9.78. The van der Waals surface area contributed by atoms with Gasteiger partial charge in [-0.05, 0) is 48.9 Å². The number of hydrogen-bond acceptors (Lipinski definition) is 1. The van der Waals surface area contributed by atoms with Gasteiger partial charge >= 0.3 is 0 Å². The molecule has 0 N–H and O–H groups in total. The lowest BCUT2D eigenvalue weighted by molar-refractivity contribution is 0.0600. The van der Waals surface area contributed by atoms with E-state index >= 15 is 0 Å². The van der Waals surface area contributed by atoms with E-state index in [1.165, 1.54) is 6.42 Å². The van der Waals surface area contributed by atoms with Gasteiger partial charge in [-0.15, -0.1) is 0 Å². The van der Waals surface area contributed by atoms with Crippen LogP contribution in [0.5, 0.6) is 0 Å². The van der Waals surface area contributed by atoms with Crippen molar-refractivity contribution < 1.29 is 4.79 Å². The number of halogens is 1. The standard InChI is InChI=1S/C16H22BrNO/c1-4-16(3)7-9-18(10-8-16)15(19)13-5-6-14(17)12(2)11-13/h5-6,11H,4,7-10H2,1-3H3. The summed E-state index contributed by atoms with van der Waals surface area (Å²) in [6, 6.07) is 5.84. The summed E-state index contributed by atoms with van der Waals surface area (Å²) in [5.74, 6) is 0.175. The Hall–Kier alpha value is -0.830. The summed E-state index contributed by atoms with van der Waals surface area (Å²) in [5.41, 5.74) is 2.34. The Kier molecular flexibility index (Phi) is 4.34. The maximum absolute atomic E-state index is 12.5. The molecule has 0 atom stereocenters. The summed E-state index contributed by atoms with van der Waals surface area (Å²) >= 11 is 3.47. The molecule has 2 nitrogen and oxygen atoms in total. The Morgan fingerprint density at radius 1 is 1.37 bits per heavy atom. The van der Waals surface area contributed by atoms with E-state index in [4.69, 9.17) is 0 Å². The first kappa shape index (κ1) is 14.6. The molecular formula is C16H22BrNO. The molecular weight excluding hydrogens is 302 g/mol. The third-order valence-electron chi connectivity index (χ3n) is 4.52. The second-order valence-electron chi connectivity index (χ2n) is 5.92. The zero-order valence-electron chi connectivity index (χ0n) is 12.0. The largest absolute Gasteiger partial charge is 0.339 e. The van der Waals surface area contributed by atoms with E-state index in [9.17, 15) is 4.79 Å². The van der Waals surface area contributed by atoms with Crippen molar-refractivity contribution in [3.8, 4) is 0 Å². The Balaban J connectivity index is 2.07. The van der Waals surface area contributed by atoms with Crippen LogP contribution >= 0.6 is 15.9 Å². The molecule has 0 radical (unpaired) electrons. The molecule has 0 saturated carbocycles. The summed E-state index contributed by atoms with van der Waals surface area (Å²) in [6.45, 7) is 8.37. The van der Waals surface area contributed by atoms with Crippen LogP contribution in [-0.4, -0.2) is 23.9 Å². The van der Waals surface area contributed by atoms with Crippen LogP contribution in [0.2, 0.25) is 0 Å². The normalized spacial score (nSPS) is 18.4. The summed E-state index contributed by atoms with van der Waals surface area (Å²) in [6.07, 6.45) is 3.43. The summed E-state index contributed by atoms with van der Waals surface area (Å²) < 4.78 is 1.06.